The Morgan fingerprint density at radius 2 is 2.07 bits per heavy atom. The van der Waals surface area contributed by atoms with Gasteiger partial charge < -0.3 is 9.80 Å². The zero-order chi connectivity index (χ0) is 19.4. The lowest BCUT2D eigenvalue weighted by atomic mass is 10.0. The van der Waals surface area contributed by atoms with Crippen molar-refractivity contribution in [2.24, 2.45) is 0 Å². The van der Waals surface area contributed by atoms with Crippen molar-refractivity contribution >= 4 is 38.9 Å². The number of rotatable bonds is 2. The van der Waals surface area contributed by atoms with Gasteiger partial charge in [0.1, 0.15) is 18.0 Å². The molecule has 8 heteroatoms. The number of nitrogens with zero attached hydrogens (tertiary/aromatic N) is 7. The summed E-state index contributed by atoms with van der Waals surface area (Å²) in [4.78, 5) is 18.6. The minimum atomic E-state index is 0.826. The van der Waals surface area contributed by atoms with Crippen molar-refractivity contribution in [1.29, 1.82) is 0 Å². The maximum absolute atomic E-state index is 4.82. The zero-order valence-electron chi connectivity index (χ0n) is 16.2. The molecule has 146 valence electrons. The summed E-state index contributed by atoms with van der Waals surface area (Å²) in [6.07, 6.45) is 7.61. The van der Waals surface area contributed by atoms with Crippen LogP contribution < -0.4 is 9.80 Å². The molecule has 0 bridgehead atoms. The summed E-state index contributed by atoms with van der Waals surface area (Å²) in [6, 6.07) is 4.39. The Balaban J connectivity index is 1.36. The lowest BCUT2D eigenvalue weighted by Gasteiger charge is -2.32. The van der Waals surface area contributed by atoms with E-state index in [-0.39, 0.29) is 0 Å². The lowest BCUT2D eigenvalue weighted by molar-refractivity contribution is 0.541. The minimum absolute atomic E-state index is 0.826. The molecule has 4 aromatic rings. The largest absolute Gasteiger partial charge is 0.351 e. The molecule has 0 spiro atoms. The second-order valence-corrected chi connectivity index (χ2v) is 8.56. The van der Waals surface area contributed by atoms with Crippen LogP contribution in [0.1, 0.15) is 23.2 Å². The van der Waals surface area contributed by atoms with Crippen LogP contribution in [0.15, 0.2) is 36.2 Å². The van der Waals surface area contributed by atoms with Crippen LogP contribution in [0.25, 0.3) is 10.2 Å². The molecule has 4 aromatic heterocycles. The topological polar surface area (TPSA) is 63.0 Å². The average molecular weight is 404 g/mol. The van der Waals surface area contributed by atoms with Gasteiger partial charge in [-0.15, -0.1) is 11.3 Å². The molecule has 0 fully saturated rings. The van der Waals surface area contributed by atoms with E-state index in [2.05, 4.69) is 54.0 Å². The molecule has 0 N–H and O–H groups in total. The third kappa shape index (κ3) is 2.70. The van der Waals surface area contributed by atoms with E-state index in [0.717, 1.165) is 61.9 Å². The fourth-order valence-corrected chi connectivity index (χ4v) is 5.42. The zero-order valence-corrected chi connectivity index (χ0v) is 17.1. The highest BCUT2D eigenvalue weighted by molar-refractivity contribution is 7.18. The van der Waals surface area contributed by atoms with Gasteiger partial charge in [0.05, 0.1) is 28.3 Å². The highest BCUT2D eigenvalue weighted by atomic mass is 32.1. The van der Waals surface area contributed by atoms with Gasteiger partial charge in [0.25, 0.3) is 0 Å². The van der Waals surface area contributed by atoms with Crippen LogP contribution in [0.2, 0.25) is 0 Å². The Kier molecular flexibility index (Phi) is 3.80. The van der Waals surface area contributed by atoms with Crippen molar-refractivity contribution in [3.8, 4) is 0 Å². The van der Waals surface area contributed by atoms with Gasteiger partial charge in [-0.05, 0) is 35.9 Å². The molecule has 6 rings (SSSR count). The standard InChI is InChI=1S/C21H21N7S/c1-14-12-29-20-19(14)23-13-24-21(20)26-8-4-17-15(11-26)9-16(10-22-17)27-6-2-7-28-18(27)3-5-25-28/h3,5,9-10,12-13H,2,4,6-8,11H2,1H3. The van der Waals surface area contributed by atoms with Crippen LogP contribution in [0.4, 0.5) is 17.3 Å². The van der Waals surface area contributed by atoms with Crippen LogP contribution in [0.5, 0.6) is 0 Å². The first-order chi connectivity index (χ1) is 14.3. The normalized spacial score (nSPS) is 16.2. The summed E-state index contributed by atoms with van der Waals surface area (Å²) in [5, 5.41) is 6.60. The van der Waals surface area contributed by atoms with Gasteiger partial charge in [-0.3, -0.25) is 4.98 Å². The highest BCUT2D eigenvalue weighted by Crippen LogP contribution is 2.35. The number of aromatic nitrogens is 5. The quantitative estimate of drug-likeness (QED) is 0.509. The maximum atomic E-state index is 4.82. The SMILES string of the molecule is Cc1csc2c(N3CCc4ncc(N5CCCn6nccc65)cc4C3)ncnc12. The fourth-order valence-electron chi connectivity index (χ4n) is 4.41. The molecule has 0 amide bonds. The molecule has 0 atom stereocenters. The molecule has 0 radical (unpaired) electrons. The van der Waals surface area contributed by atoms with Crippen molar-refractivity contribution in [2.45, 2.75) is 32.9 Å². The molecule has 2 aliphatic heterocycles. The molecular weight excluding hydrogens is 382 g/mol. The molecular formula is C21H21N7S. The van der Waals surface area contributed by atoms with Gasteiger partial charge in [-0.1, -0.05) is 0 Å². The summed E-state index contributed by atoms with van der Waals surface area (Å²) in [5.41, 5.74) is 5.91. The number of thiophene rings is 1. The first-order valence-electron chi connectivity index (χ1n) is 9.99. The van der Waals surface area contributed by atoms with Gasteiger partial charge >= 0.3 is 0 Å². The molecule has 0 aliphatic carbocycles. The fraction of sp³-hybridized carbons (Fsp3) is 0.333. The Bertz CT molecular complexity index is 1210. The van der Waals surface area contributed by atoms with Crippen LogP contribution in [-0.4, -0.2) is 37.8 Å². The molecule has 0 saturated carbocycles. The monoisotopic (exact) mass is 403 g/mol. The Morgan fingerprint density at radius 1 is 1.10 bits per heavy atom. The smallest absolute Gasteiger partial charge is 0.150 e. The molecule has 29 heavy (non-hydrogen) atoms. The summed E-state index contributed by atoms with van der Waals surface area (Å²) >= 11 is 1.73. The maximum Gasteiger partial charge on any atom is 0.150 e. The van der Waals surface area contributed by atoms with E-state index in [1.54, 1.807) is 17.7 Å². The van der Waals surface area contributed by atoms with Crippen LogP contribution in [0.3, 0.4) is 0 Å². The van der Waals surface area contributed by atoms with Crippen LogP contribution in [0, 0.1) is 6.92 Å². The molecule has 6 heterocycles. The molecule has 0 saturated heterocycles. The van der Waals surface area contributed by atoms with Gasteiger partial charge in [-0.25, -0.2) is 14.6 Å². The number of fused-ring (bicyclic) bond motifs is 3. The lowest BCUT2D eigenvalue weighted by Crippen LogP contribution is -2.32. The van der Waals surface area contributed by atoms with Gasteiger partial charge in [-0.2, -0.15) is 5.10 Å². The van der Waals surface area contributed by atoms with Crippen LogP contribution >= 0.6 is 11.3 Å². The Morgan fingerprint density at radius 3 is 3.03 bits per heavy atom. The van der Waals surface area contributed by atoms with Gasteiger partial charge in [0, 0.05) is 44.4 Å². The molecule has 7 nitrogen and oxygen atoms in total. The highest BCUT2D eigenvalue weighted by Gasteiger charge is 2.24. The van der Waals surface area contributed by atoms with E-state index in [9.17, 15) is 0 Å². The molecule has 2 aliphatic rings. The van der Waals surface area contributed by atoms with Crippen molar-refractivity contribution in [2.75, 3.05) is 22.9 Å². The van der Waals surface area contributed by atoms with E-state index < -0.39 is 0 Å². The average Bonchev–Trinajstić information content (AvgIpc) is 3.39. The first kappa shape index (κ1) is 16.9. The third-order valence-electron chi connectivity index (χ3n) is 5.87. The predicted octanol–water partition coefficient (Wildman–Crippen LogP) is 3.70. The minimum Gasteiger partial charge on any atom is -0.351 e. The Hall–Kier alpha value is -3.00. The summed E-state index contributed by atoms with van der Waals surface area (Å²) in [7, 11) is 0. The number of pyridine rings is 1. The molecule has 0 aromatic carbocycles. The second kappa shape index (κ2) is 6.52. The van der Waals surface area contributed by atoms with Crippen molar-refractivity contribution < 1.29 is 0 Å². The number of anilines is 3. The van der Waals surface area contributed by atoms with Crippen molar-refractivity contribution in [3.63, 3.8) is 0 Å². The van der Waals surface area contributed by atoms with E-state index in [1.165, 1.54) is 21.5 Å². The third-order valence-corrected chi connectivity index (χ3v) is 6.95. The Labute approximate surface area is 172 Å². The first-order valence-corrected chi connectivity index (χ1v) is 10.9. The number of hydrogen-bond acceptors (Lipinski definition) is 7. The summed E-state index contributed by atoms with van der Waals surface area (Å²) < 4.78 is 3.25. The molecule has 0 unspecified atom stereocenters. The predicted molar refractivity (Wildman–Crippen MR) is 115 cm³/mol. The van der Waals surface area contributed by atoms with E-state index >= 15 is 0 Å². The summed E-state index contributed by atoms with van der Waals surface area (Å²) in [5.74, 6) is 2.19. The van der Waals surface area contributed by atoms with Crippen LogP contribution in [-0.2, 0) is 19.5 Å². The van der Waals surface area contributed by atoms with Gasteiger partial charge in [0.2, 0.25) is 0 Å². The second-order valence-electron chi connectivity index (χ2n) is 7.68. The van der Waals surface area contributed by atoms with Crippen molar-refractivity contribution in [1.82, 2.24) is 24.7 Å². The van der Waals surface area contributed by atoms with Gasteiger partial charge in [0.15, 0.2) is 0 Å². The van der Waals surface area contributed by atoms with Crippen molar-refractivity contribution in [3.05, 3.63) is 53.1 Å². The van der Waals surface area contributed by atoms with E-state index in [4.69, 9.17) is 4.98 Å². The van der Waals surface area contributed by atoms with E-state index in [0.29, 0.717) is 0 Å². The summed E-state index contributed by atoms with van der Waals surface area (Å²) in [6.45, 7) is 5.84. The van der Waals surface area contributed by atoms with E-state index in [1.807, 2.05) is 12.4 Å². The number of hydrogen-bond donors (Lipinski definition) is 0. The number of aryl methyl sites for hydroxylation is 2.